The molecule has 0 aliphatic carbocycles. The molecule has 0 saturated carbocycles. The van der Waals surface area contributed by atoms with Gasteiger partial charge >= 0.3 is 0 Å². The lowest BCUT2D eigenvalue weighted by Crippen LogP contribution is -2.11. The van der Waals surface area contributed by atoms with Crippen molar-refractivity contribution in [3.8, 4) is 0 Å². The topological polar surface area (TPSA) is 12.0 Å². The molecule has 0 saturated heterocycles. The molecule has 1 atom stereocenters. The van der Waals surface area contributed by atoms with Gasteiger partial charge in [0.2, 0.25) is 0 Å². The molecule has 1 aliphatic heterocycles. The molecule has 72 valence electrons. The largest absolute Gasteiger partial charge is 0.301 e. The highest BCUT2D eigenvalue weighted by molar-refractivity contribution is 9.11. The first-order chi connectivity index (χ1) is 6.84. The summed E-state index contributed by atoms with van der Waals surface area (Å²) in [7, 11) is 0. The highest BCUT2D eigenvalue weighted by Gasteiger charge is 2.26. The van der Waals surface area contributed by atoms with Crippen LogP contribution in [0.25, 0.3) is 0 Å². The van der Waals surface area contributed by atoms with Crippen LogP contribution >= 0.6 is 38.6 Å². The van der Waals surface area contributed by atoms with Crippen LogP contribution in [0.4, 0.5) is 0 Å². The molecule has 1 nitrogen and oxygen atoms in total. The van der Waals surface area contributed by atoms with Crippen LogP contribution in [-0.2, 0) is 6.54 Å². The Morgan fingerprint density at radius 2 is 2.43 bits per heavy atom. The minimum absolute atomic E-state index is 0.432. The SMILES string of the molecule is Brc1cc2c(s1)C(c1cccs1)NC2. The molecule has 0 spiro atoms. The van der Waals surface area contributed by atoms with E-state index < -0.39 is 0 Å². The number of hydrogen-bond acceptors (Lipinski definition) is 3. The third-order valence-corrected chi connectivity index (χ3v) is 5.08. The molecule has 1 unspecified atom stereocenters. The van der Waals surface area contributed by atoms with Gasteiger partial charge in [0.05, 0.1) is 9.83 Å². The Morgan fingerprint density at radius 3 is 3.21 bits per heavy atom. The zero-order valence-electron chi connectivity index (χ0n) is 7.29. The number of fused-ring (bicyclic) bond motifs is 1. The van der Waals surface area contributed by atoms with Gasteiger partial charge in [-0.05, 0) is 39.0 Å². The molecule has 2 aromatic rings. The summed E-state index contributed by atoms with van der Waals surface area (Å²) in [6.45, 7) is 1.00. The van der Waals surface area contributed by atoms with E-state index in [-0.39, 0.29) is 0 Å². The van der Waals surface area contributed by atoms with E-state index in [1.807, 2.05) is 22.7 Å². The number of nitrogens with one attached hydrogen (secondary N) is 1. The lowest BCUT2D eigenvalue weighted by Gasteiger charge is -2.07. The zero-order valence-corrected chi connectivity index (χ0v) is 10.5. The van der Waals surface area contributed by atoms with E-state index >= 15 is 0 Å². The predicted octanol–water partition coefficient (Wildman–Crippen LogP) is 3.76. The van der Waals surface area contributed by atoms with E-state index in [1.165, 1.54) is 19.1 Å². The van der Waals surface area contributed by atoms with Gasteiger partial charge < -0.3 is 5.32 Å². The fraction of sp³-hybridized carbons (Fsp3) is 0.200. The molecule has 0 aromatic carbocycles. The first kappa shape index (κ1) is 9.09. The minimum Gasteiger partial charge on any atom is -0.301 e. The van der Waals surface area contributed by atoms with Gasteiger partial charge in [-0.15, -0.1) is 22.7 Å². The van der Waals surface area contributed by atoms with Crippen molar-refractivity contribution in [1.82, 2.24) is 5.32 Å². The molecular formula is C10H8BrNS2. The molecule has 4 heteroatoms. The van der Waals surface area contributed by atoms with Gasteiger partial charge in [0.25, 0.3) is 0 Å². The molecule has 0 radical (unpaired) electrons. The average Bonchev–Trinajstić information content (AvgIpc) is 2.77. The van der Waals surface area contributed by atoms with E-state index in [2.05, 4.69) is 44.8 Å². The maximum Gasteiger partial charge on any atom is 0.0771 e. The summed E-state index contributed by atoms with van der Waals surface area (Å²) in [5.41, 5.74) is 1.44. The quantitative estimate of drug-likeness (QED) is 0.841. The molecule has 0 amide bonds. The molecule has 2 aromatic heterocycles. The Kier molecular flexibility index (Phi) is 2.24. The van der Waals surface area contributed by atoms with Crippen LogP contribution in [0.3, 0.4) is 0 Å². The second-order valence-electron chi connectivity index (χ2n) is 3.27. The zero-order chi connectivity index (χ0) is 9.54. The molecule has 14 heavy (non-hydrogen) atoms. The fourth-order valence-electron chi connectivity index (χ4n) is 1.78. The summed E-state index contributed by atoms with van der Waals surface area (Å²) in [6, 6.07) is 6.97. The van der Waals surface area contributed by atoms with Gasteiger partial charge in [0, 0.05) is 16.3 Å². The third-order valence-electron chi connectivity index (χ3n) is 2.40. The Labute approximate surface area is 98.9 Å². The molecule has 1 N–H and O–H groups in total. The summed E-state index contributed by atoms with van der Waals surface area (Å²) in [5, 5.41) is 5.67. The molecular weight excluding hydrogens is 278 g/mol. The van der Waals surface area contributed by atoms with Crippen LogP contribution in [0, 0.1) is 0 Å². The monoisotopic (exact) mass is 285 g/mol. The van der Waals surface area contributed by atoms with E-state index in [1.54, 1.807) is 0 Å². The first-order valence-electron chi connectivity index (χ1n) is 4.39. The maximum atomic E-state index is 3.54. The molecule has 1 aliphatic rings. The number of rotatable bonds is 1. The number of hydrogen-bond donors (Lipinski definition) is 1. The van der Waals surface area contributed by atoms with E-state index in [4.69, 9.17) is 0 Å². The lowest BCUT2D eigenvalue weighted by atomic mass is 10.2. The van der Waals surface area contributed by atoms with Gasteiger partial charge in [-0.25, -0.2) is 0 Å². The molecule has 3 heterocycles. The highest BCUT2D eigenvalue weighted by Crippen LogP contribution is 2.40. The summed E-state index contributed by atoms with van der Waals surface area (Å²) in [6.07, 6.45) is 0. The average molecular weight is 286 g/mol. The van der Waals surface area contributed by atoms with Crippen molar-refractivity contribution < 1.29 is 0 Å². The van der Waals surface area contributed by atoms with Gasteiger partial charge in [-0.1, -0.05) is 6.07 Å². The minimum atomic E-state index is 0.432. The Hall–Kier alpha value is -0.160. The fourth-order valence-corrected chi connectivity index (χ4v) is 4.47. The van der Waals surface area contributed by atoms with E-state index in [9.17, 15) is 0 Å². The summed E-state index contributed by atoms with van der Waals surface area (Å²) < 4.78 is 1.24. The smallest absolute Gasteiger partial charge is 0.0771 e. The van der Waals surface area contributed by atoms with Crippen molar-refractivity contribution in [1.29, 1.82) is 0 Å². The lowest BCUT2D eigenvalue weighted by molar-refractivity contribution is 0.681. The maximum absolute atomic E-state index is 3.54. The second-order valence-corrected chi connectivity index (χ2v) is 6.71. The Balaban J connectivity index is 2.05. The summed E-state index contributed by atoms with van der Waals surface area (Å²) >= 11 is 7.21. The van der Waals surface area contributed by atoms with Crippen molar-refractivity contribution >= 4 is 38.6 Å². The van der Waals surface area contributed by atoms with Crippen molar-refractivity contribution in [2.75, 3.05) is 0 Å². The highest BCUT2D eigenvalue weighted by atomic mass is 79.9. The van der Waals surface area contributed by atoms with Gasteiger partial charge in [-0.3, -0.25) is 0 Å². The Bertz CT molecular complexity index is 447. The van der Waals surface area contributed by atoms with Gasteiger partial charge in [0.15, 0.2) is 0 Å². The summed E-state index contributed by atoms with van der Waals surface area (Å²) in [5.74, 6) is 0. The molecule has 0 fully saturated rings. The third kappa shape index (κ3) is 1.37. The summed E-state index contributed by atoms with van der Waals surface area (Å²) in [4.78, 5) is 2.89. The van der Waals surface area contributed by atoms with Crippen molar-refractivity contribution in [2.24, 2.45) is 0 Å². The van der Waals surface area contributed by atoms with Crippen molar-refractivity contribution in [3.05, 3.63) is 42.7 Å². The van der Waals surface area contributed by atoms with Crippen molar-refractivity contribution in [2.45, 2.75) is 12.6 Å². The standard InChI is InChI=1S/C10H8BrNS2/c11-8-4-6-5-12-9(10(6)14-8)7-2-1-3-13-7/h1-4,9,12H,5H2. The molecule has 0 bridgehead atoms. The van der Waals surface area contributed by atoms with Crippen LogP contribution in [-0.4, -0.2) is 0 Å². The van der Waals surface area contributed by atoms with Gasteiger partial charge in [-0.2, -0.15) is 0 Å². The molecule has 3 rings (SSSR count). The van der Waals surface area contributed by atoms with Crippen LogP contribution in [0.15, 0.2) is 27.4 Å². The predicted molar refractivity (Wildman–Crippen MR) is 65.0 cm³/mol. The van der Waals surface area contributed by atoms with Gasteiger partial charge in [0.1, 0.15) is 0 Å². The Morgan fingerprint density at radius 1 is 1.50 bits per heavy atom. The first-order valence-corrected chi connectivity index (χ1v) is 6.88. The number of halogens is 1. The van der Waals surface area contributed by atoms with Crippen LogP contribution < -0.4 is 5.32 Å². The number of thiophene rings is 2. The van der Waals surface area contributed by atoms with E-state index in [0.29, 0.717) is 6.04 Å². The van der Waals surface area contributed by atoms with Crippen LogP contribution in [0.1, 0.15) is 21.4 Å². The van der Waals surface area contributed by atoms with Crippen molar-refractivity contribution in [3.63, 3.8) is 0 Å². The normalized spacial score (nSPS) is 19.9. The van der Waals surface area contributed by atoms with Crippen LogP contribution in [0.5, 0.6) is 0 Å². The van der Waals surface area contributed by atoms with Crippen LogP contribution in [0.2, 0.25) is 0 Å². The second kappa shape index (κ2) is 3.45. The van der Waals surface area contributed by atoms with E-state index in [0.717, 1.165) is 6.54 Å².